The van der Waals surface area contributed by atoms with E-state index in [0.717, 1.165) is 82.8 Å². The summed E-state index contributed by atoms with van der Waals surface area (Å²) in [6.07, 6.45) is 0. The number of aromatic nitrogens is 3. The zero-order valence-electron chi connectivity index (χ0n) is 29.5. The maximum atomic E-state index is 10.3. The van der Waals surface area contributed by atoms with Crippen molar-refractivity contribution < 1.29 is 0 Å². The summed E-state index contributed by atoms with van der Waals surface area (Å²) in [5.74, 6) is 0. The van der Waals surface area contributed by atoms with Crippen LogP contribution in [0.25, 0.3) is 93.6 Å². The van der Waals surface area contributed by atoms with Crippen molar-refractivity contribution in [3.05, 3.63) is 187 Å². The lowest BCUT2D eigenvalue weighted by Gasteiger charge is -2.19. The van der Waals surface area contributed by atoms with Gasteiger partial charge in [-0.15, -0.1) is 0 Å². The van der Waals surface area contributed by atoms with Crippen molar-refractivity contribution in [3.63, 3.8) is 0 Å². The molecule has 0 aliphatic carbocycles. The van der Waals surface area contributed by atoms with Crippen molar-refractivity contribution in [1.29, 1.82) is 10.5 Å². The molecule has 5 nitrogen and oxygen atoms in total. The predicted molar refractivity (Wildman–Crippen MR) is 224 cm³/mol. The fourth-order valence-electron chi connectivity index (χ4n) is 8.83. The molecular formula is C50H29N5. The van der Waals surface area contributed by atoms with Crippen LogP contribution in [0.15, 0.2) is 176 Å². The summed E-state index contributed by atoms with van der Waals surface area (Å²) in [4.78, 5) is 0. The molecule has 254 valence electrons. The average Bonchev–Trinajstić information content (AvgIpc) is 3.89. The van der Waals surface area contributed by atoms with Crippen LogP contribution in [-0.2, 0) is 0 Å². The van der Waals surface area contributed by atoms with E-state index in [9.17, 15) is 10.5 Å². The third-order valence-corrected chi connectivity index (χ3v) is 11.1. The first-order valence-corrected chi connectivity index (χ1v) is 18.3. The maximum Gasteiger partial charge on any atom is 0.101 e. The Labute approximate surface area is 316 Å². The number of nitriles is 2. The van der Waals surface area contributed by atoms with E-state index in [1.54, 1.807) is 0 Å². The highest BCUT2D eigenvalue weighted by Gasteiger charge is 2.22. The number of fused-ring (bicyclic) bond motifs is 9. The molecule has 0 saturated carbocycles. The van der Waals surface area contributed by atoms with Gasteiger partial charge in [0, 0.05) is 49.1 Å². The molecule has 0 fully saturated rings. The fraction of sp³-hybridized carbons (Fsp3) is 0. The molecule has 0 unspecified atom stereocenters. The highest BCUT2D eigenvalue weighted by atomic mass is 15.0. The van der Waals surface area contributed by atoms with Crippen molar-refractivity contribution in [2.75, 3.05) is 0 Å². The molecule has 0 N–H and O–H groups in total. The van der Waals surface area contributed by atoms with E-state index in [4.69, 9.17) is 0 Å². The zero-order chi connectivity index (χ0) is 36.6. The molecule has 0 amide bonds. The van der Waals surface area contributed by atoms with Crippen LogP contribution in [0, 0.1) is 22.7 Å². The minimum atomic E-state index is 0.577. The molecule has 11 rings (SSSR count). The van der Waals surface area contributed by atoms with E-state index < -0.39 is 0 Å². The maximum absolute atomic E-state index is 10.3. The average molecular weight is 700 g/mol. The Hall–Kier alpha value is -7.86. The number of benzene rings is 8. The molecule has 0 bridgehead atoms. The predicted octanol–water partition coefficient (Wildman–Crippen LogP) is 12.4. The van der Waals surface area contributed by atoms with Gasteiger partial charge in [-0.2, -0.15) is 10.5 Å². The van der Waals surface area contributed by atoms with E-state index in [-0.39, 0.29) is 0 Å². The van der Waals surface area contributed by atoms with Gasteiger partial charge in [-0.25, -0.2) is 0 Å². The topological polar surface area (TPSA) is 62.4 Å². The van der Waals surface area contributed by atoms with Gasteiger partial charge in [0.1, 0.15) is 6.07 Å². The van der Waals surface area contributed by atoms with Crippen molar-refractivity contribution >= 4 is 65.4 Å². The van der Waals surface area contributed by atoms with E-state index in [1.807, 2.05) is 42.5 Å². The van der Waals surface area contributed by atoms with Gasteiger partial charge in [0.15, 0.2) is 0 Å². The lowest BCUT2D eigenvalue weighted by molar-refractivity contribution is 1.15. The second-order valence-corrected chi connectivity index (χ2v) is 14.0. The highest BCUT2D eigenvalue weighted by molar-refractivity contribution is 6.14. The first-order valence-electron chi connectivity index (χ1n) is 18.3. The summed E-state index contributed by atoms with van der Waals surface area (Å²) >= 11 is 0. The second kappa shape index (κ2) is 11.8. The molecule has 0 saturated heterocycles. The highest BCUT2D eigenvalue weighted by Crippen LogP contribution is 2.42. The van der Waals surface area contributed by atoms with Crippen LogP contribution >= 0.6 is 0 Å². The standard InChI is InChI=1S/C50H29N5/c51-30-32-24-26-40(37-15-3-9-22-46(37)55-47-23-10-4-16-38(47)41-18-11-12-33(31-52)50(41)55)49(28-32)54-45-21-8-5-17-39(45)42-29-34(25-27-48(42)54)53-43-19-6-1-13-35(43)36-14-2-7-20-44(36)53/h1-29H. The van der Waals surface area contributed by atoms with Gasteiger partial charge >= 0.3 is 0 Å². The Morgan fingerprint density at radius 1 is 0.345 bits per heavy atom. The Kier molecular flexibility index (Phi) is 6.61. The summed E-state index contributed by atoms with van der Waals surface area (Å²) < 4.78 is 6.89. The van der Waals surface area contributed by atoms with E-state index in [2.05, 4.69) is 159 Å². The quantitative estimate of drug-likeness (QED) is 0.184. The summed E-state index contributed by atoms with van der Waals surface area (Å²) in [6.45, 7) is 0. The number of rotatable bonds is 4. The van der Waals surface area contributed by atoms with Crippen LogP contribution in [0.1, 0.15) is 11.1 Å². The Bertz CT molecular complexity index is 3420. The van der Waals surface area contributed by atoms with Crippen molar-refractivity contribution in [1.82, 2.24) is 13.7 Å². The fourth-order valence-corrected chi connectivity index (χ4v) is 8.83. The number of nitrogens with zero attached hydrogens (tertiary/aromatic N) is 5. The number of hydrogen-bond acceptors (Lipinski definition) is 2. The molecule has 3 heterocycles. The molecule has 0 atom stereocenters. The van der Waals surface area contributed by atoms with E-state index in [0.29, 0.717) is 11.1 Å². The van der Waals surface area contributed by atoms with E-state index in [1.165, 1.54) is 10.8 Å². The van der Waals surface area contributed by atoms with E-state index >= 15 is 0 Å². The monoisotopic (exact) mass is 699 g/mol. The van der Waals surface area contributed by atoms with Crippen molar-refractivity contribution in [2.24, 2.45) is 0 Å². The minimum Gasteiger partial charge on any atom is -0.309 e. The van der Waals surface area contributed by atoms with Crippen LogP contribution < -0.4 is 0 Å². The largest absolute Gasteiger partial charge is 0.309 e. The van der Waals surface area contributed by atoms with Crippen molar-refractivity contribution in [2.45, 2.75) is 0 Å². The molecule has 8 aromatic carbocycles. The van der Waals surface area contributed by atoms with Gasteiger partial charge in [-0.3, -0.25) is 0 Å². The summed E-state index contributed by atoms with van der Waals surface area (Å²) in [7, 11) is 0. The summed E-state index contributed by atoms with van der Waals surface area (Å²) in [5.41, 5.74) is 12.4. The molecule has 0 aliphatic rings. The van der Waals surface area contributed by atoms with Gasteiger partial charge in [0.25, 0.3) is 0 Å². The number of para-hydroxylation sites is 6. The molecular weight excluding hydrogens is 671 g/mol. The lowest BCUT2D eigenvalue weighted by Crippen LogP contribution is -2.02. The van der Waals surface area contributed by atoms with Crippen LogP contribution in [0.5, 0.6) is 0 Å². The smallest absolute Gasteiger partial charge is 0.101 e. The number of hydrogen-bond donors (Lipinski definition) is 0. The van der Waals surface area contributed by atoms with Gasteiger partial charge in [-0.1, -0.05) is 109 Å². The second-order valence-electron chi connectivity index (χ2n) is 14.0. The molecule has 0 radical (unpaired) electrons. The SMILES string of the molecule is N#Cc1ccc(-c2ccccc2-n2c3ccccc3c3cccc(C#N)c32)c(-n2c3ccccc3c3cc(-n4c5ccccc5c5ccccc54)ccc32)c1. The van der Waals surface area contributed by atoms with Gasteiger partial charge in [0.05, 0.1) is 61.7 Å². The molecule has 0 spiro atoms. The first kappa shape index (κ1) is 30.7. The molecule has 55 heavy (non-hydrogen) atoms. The third-order valence-electron chi connectivity index (χ3n) is 11.1. The Balaban J connectivity index is 1.20. The Morgan fingerprint density at radius 2 is 0.873 bits per heavy atom. The zero-order valence-corrected chi connectivity index (χ0v) is 29.5. The lowest BCUT2D eigenvalue weighted by atomic mass is 9.99. The normalized spacial score (nSPS) is 11.6. The van der Waals surface area contributed by atoms with Gasteiger partial charge in [-0.05, 0) is 66.7 Å². The van der Waals surface area contributed by atoms with Crippen LogP contribution in [-0.4, -0.2) is 13.7 Å². The molecule has 5 heteroatoms. The molecule has 3 aromatic heterocycles. The Morgan fingerprint density at radius 3 is 1.55 bits per heavy atom. The molecule has 11 aromatic rings. The van der Waals surface area contributed by atoms with Crippen LogP contribution in [0.3, 0.4) is 0 Å². The minimum absolute atomic E-state index is 0.577. The van der Waals surface area contributed by atoms with Crippen LogP contribution in [0.2, 0.25) is 0 Å². The molecule has 0 aliphatic heterocycles. The summed E-state index contributed by atoms with van der Waals surface area (Å²) in [6, 6.07) is 65.9. The third kappa shape index (κ3) is 4.39. The van der Waals surface area contributed by atoms with Gasteiger partial charge in [0.2, 0.25) is 0 Å². The first-order chi connectivity index (χ1) is 27.2. The van der Waals surface area contributed by atoms with Crippen LogP contribution in [0.4, 0.5) is 0 Å². The van der Waals surface area contributed by atoms with Crippen molar-refractivity contribution in [3.8, 4) is 40.3 Å². The van der Waals surface area contributed by atoms with Gasteiger partial charge < -0.3 is 13.7 Å². The summed E-state index contributed by atoms with van der Waals surface area (Å²) in [5, 5.41) is 27.4.